The van der Waals surface area contributed by atoms with Gasteiger partial charge in [-0.25, -0.2) is 13.6 Å². The second-order valence-electron chi connectivity index (χ2n) is 6.39. The Hall–Kier alpha value is -1.77. The molecule has 0 aromatic heterocycles. The highest BCUT2D eigenvalue weighted by molar-refractivity contribution is 7.89. The highest BCUT2D eigenvalue weighted by Gasteiger charge is 2.44. The lowest BCUT2D eigenvalue weighted by Gasteiger charge is -2.19. The second-order valence-corrected chi connectivity index (χ2v) is 8.36. The number of nitrogens with two attached hydrogens (primary N) is 1. The van der Waals surface area contributed by atoms with Crippen molar-refractivity contribution in [1.82, 2.24) is 0 Å². The van der Waals surface area contributed by atoms with Crippen LogP contribution < -0.4 is 10.5 Å². The van der Waals surface area contributed by atoms with Gasteiger partial charge in [0.2, 0.25) is 10.0 Å². The fourth-order valence-corrected chi connectivity index (χ4v) is 3.77. The highest BCUT2D eigenvalue weighted by Crippen LogP contribution is 2.48. The number of nitrogens with one attached hydrogen (secondary N) is 1. The first-order valence-corrected chi connectivity index (χ1v) is 9.68. The average molecular weight is 405 g/mol. The van der Waals surface area contributed by atoms with Gasteiger partial charge in [0.05, 0.1) is 10.5 Å². The molecule has 0 spiro atoms. The van der Waals surface area contributed by atoms with Crippen LogP contribution >= 0.6 is 11.6 Å². The fourth-order valence-electron chi connectivity index (χ4n) is 2.90. The molecule has 9 heteroatoms. The lowest BCUT2D eigenvalue weighted by molar-refractivity contribution is -0.139. The molecule has 3 N–H and O–H groups in total. The molecule has 0 saturated heterocycles. The molecule has 3 rings (SSSR count). The van der Waals surface area contributed by atoms with Gasteiger partial charge in [-0.1, -0.05) is 23.7 Å². The topological polar surface area (TPSA) is 72.2 Å². The van der Waals surface area contributed by atoms with Crippen molar-refractivity contribution in [1.29, 1.82) is 0 Å². The smallest absolute Gasteiger partial charge is 0.384 e. The lowest BCUT2D eigenvalue weighted by atomic mass is 9.96. The standard InChI is InChI=1S/C17H16ClF3N2O2S/c18-12-3-1-11(2-4-12)16(7-8-16)10-23-13-5-6-15(26(22,24)25)14(9-13)17(19,20)21/h1-6,9,23H,7-8,10H2,(H2,22,24,25). The van der Waals surface area contributed by atoms with Crippen LogP contribution in [0.2, 0.25) is 5.02 Å². The zero-order chi connectivity index (χ0) is 19.2. The summed E-state index contributed by atoms with van der Waals surface area (Å²) in [6, 6.07) is 10.3. The SMILES string of the molecule is NS(=O)(=O)c1ccc(NCC2(c3ccc(Cl)cc3)CC2)cc1C(F)(F)F. The van der Waals surface area contributed by atoms with Crippen molar-refractivity contribution in [3.63, 3.8) is 0 Å². The van der Waals surface area contributed by atoms with Gasteiger partial charge in [0.25, 0.3) is 0 Å². The van der Waals surface area contributed by atoms with Crippen LogP contribution in [0.3, 0.4) is 0 Å². The van der Waals surface area contributed by atoms with Crippen LogP contribution in [0.4, 0.5) is 18.9 Å². The van der Waals surface area contributed by atoms with Crippen molar-refractivity contribution in [2.45, 2.75) is 29.3 Å². The van der Waals surface area contributed by atoms with E-state index in [4.69, 9.17) is 16.7 Å². The van der Waals surface area contributed by atoms with Gasteiger partial charge in [0.1, 0.15) is 0 Å². The number of halogens is 4. The number of primary sulfonamides is 1. The normalized spacial score (nSPS) is 16.3. The van der Waals surface area contributed by atoms with E-state index in [1.165, 1.54) is 6.07 Å². The predicted molar refractivity (Wildman–Crippen MR) is 93.7 cm³/mol. The Bertz CT molecular complexity index is 924. The Morgan fingerprint density at radius 3 is 2.23 bits per heavy atom. The molecule has 140 valence electrons. The van der Waals surface area contributed by atoms with Gasteiger partial charge in [-0.3, -0.25) is 0 Å². The zero-order valence-corrected chi connectivity index (χ0v) is 15.0. The molecule has 0 atom stereocenters. The largest absolute Gasteiger partial charge is 0.417 e. The number of alkyl halides is 3. The van der Waals surface area contributed by atoms with E-state index in [-0.39, 0.29) is 11.1 Å². The zero-order valence-electron chi connectivity index (χ0n) is 13.5. The minimum absolute atomic E-state index is 0.151. The molecule has 0 bridgehead atoms. The number of hydrogen-bond acceptors (Lipinski definition) is 3. The van der Waals surface area contributed by atoms with Gasteiger partial charge in [-0.15, -0.1) is 0 Å². The summed E-state index contributed by atoms with van der Waals surface area (Å²) in [5.74, 6) is 0. The van der Waals surface area contributed by atoms with Crippen molar-refractivity contribution in [2.24, 2.45) is 5.14 Å². The van der Waals surface area contributed by atoms with E-state index in [9.17, 15) is 21.6 Å². The maximum atomic E-state index is 13.2. The van der Waals surface area contributed by atoms with Crippen molar-refractivity contribution in [3.8, 4) is 0 Å². The Morgan fingerprint density at radius 1 is 1.12 bits per heavy atom. The summed E-state index contributed by atoms with van der Waals surface area (Å²) >= 11 is 5.89. The van der Waals surface area contributed by atoms with Gasteiger partial charge < -0.3 is 5.32 Å². The molecule has 1 aliphatic carbocycles. The maximum Gasteiger partial charge on any atom is 0.417 e. The molecule has 0 radical (unpaired) electrons. The summed E-state index contributed by atoms with van der Waals surface area (Å²) in [5.41, 5.74) is -0.181. The minimum Gasteiger partial charge on any atom is -0.384 e. The van der Waals surface area contributed by atoms with E-state index in [1.807, 2.05) is 12.1 Å². The van der Waals surface area contributed by atoms with E-state index in [1.54, 1.807) is 12.1 Å². The van der Waals surface area contributed by atoms with Crippen LogP contribution in [0.1, 0.15) is 24.0 Å². The molecule has 1 aliphatic rings. The molecule has 2 aromatic carbocycles. The molecular weight excluding hydrogens is 389 g/mol. The van der Waals surface area contributed by atoms with Gasteiger partial charge in [-0.2, -0.15) is 13.2 Å². The second kappa shape index (κ2) is 6.44. The molecular formula is C17H16ClF3N2O2S. The molecule has 2 aromatic rings. The van der Waals surface area contributed by atoms with E-state index >= 15 is 0 Å². The van der Waals surface area contributed by atoms with Crippen molar-refractivity contribution in [3.05, 3.63) is 58.6 Å². The molecule has 0 amide bonds. The predicted octanol–water partition coefficient (Wildman–Crippen LogP) is 4.15. The van der Waals surface area contributed by atoms with Crippen LogP contribution in [0.25, 0.3) is 0 Å². The van der Waals surface area contributed by atoms with E-state index < -0.39 is 26.7 Å². The van der Waals surface area contributed by atoms with E-state index in [2.05, 4.69) is 5.32 Å². The summed E-state index contributed by atoms with van der Waals surface area (Å²) in [6.45, 7) is 0.431. The van der Waals surface area contributed by atoms with E-state index in [0.29, 0.717) is 11.6 Å². The van der Waals surface area contributed by atoms with Crippen LogP contribution in [0.15, 0.2) is 47.4 Å². The first-order valence-electron chi connectivity index (χ1n) is 7.75. The Kier molecular flexibility index (Phi) is 4.71. The maximum absolute atomic E-state index is 13.2. The van der Waals surface area contributed by atoms with Gasteiger partial charge >= 0.3 is 6.18 Å². The fraction of sp³-hybridized carbons (Fsp3) is 0.294. The number of anilines is 1. The summed E-state index contributed by atoms with van der Waals surface area (Å²) < 4.78 is 62.4. The monoisotopic (exact) mass is 404 g/mol. The third-order valence-electron chi connectivity index (χ3n) is 4.53. The summed E-state index contributed by atoms with van der Waals surface area (Å²) in [4.78, 5) is -0.936. The molecule has 26 heavy (non-hydrogen) atoms. The molecule has 0 unspecified atom stereocenters. The van der Waals surface area contributed by atoms with Crippen LogP contribution in [0.5, 0.6) is 0 Å². The van der Waals surface area contributed by atoms with Crippen LogP contribution in [-0.2, 0) is 21.6 Å². The van der Waals surface area contributed by atoms with Crippen molar-refractivity contribution in [2.75, 3.05) is 11.9 Å². The van der Waals surface area contributed by atoms with E-state index in [0.717, 1.165) is 30.5 Å². The quantitative estimate of drug-likeness (QED) is 0.786. The number of benzene rings is 2. The molecule has 0 aliphatic heterocycles. The van der Waals surface area contributed by atoms with Crippen molar-refractivity contribution < 1.29 is 21.6 Å². The molecule has 4 nitrogen and oxygen atoms in total. The summed E-state index contributed by atoms with van der Waals surface area (Å²) in [5, 5.41) is 8.49. The van der Waals surface area contributed by atoms with Crippen LogP contribution in [0, 0.1) is 0 Å². The van der Waals surface area contributed by atoms with Gasteiger partial charge in [-0.05, 0) is 48.7 Å². The molecule has 1 saturated carbocycles. The first kappa shape index (κ1) is 19.0. The third kappa shape index (κ3) is 3.97. The van der Waals surface area contributed by atoms with Gasteiger partial charge in [0.15, 0.2) is 0 Å². The highest BCUT2D eigenvalue weighted by atomic mass is 35.5. The van der Waals surface area contributed by atoms with Crippen LogP contribution in [-0.4, -0.2) is 15.0 Å². The Morgan fingerprint density at radius 2 is 1.73 bits per heavy atom. The lowest BCUT2D eigenvalue weighted by Crippen LogP contribution is -2.21. The Balaban J connectivity index is 1.84. The average Bonchev–Trinajstić information content (AvgIpc) is 3.33. The summed E-state index contributed by atoms with van der Waals surface area (Å²) in [6.07, 6.45) is -3.01. The third-order valence-corrected chi connectivity index (χ3v) is 5.75. The molecule has 0 heterocycles. The molecule has 1 fully saturated rings. The first-order chi connectivity index (χ1) is 12.0. The summed E-state index contributed by atoms with van der Waals surface area (Å²) in [7, 11) is -4.47. The number of hydrogen-bond donors (Lipinski definition) is 2. The number of rotatable bonds is 5. The Labute approximate surface area is 154 Å². The minimum atomic E-state index is -4.83. The van der Waals surface area contributed by atoms with Gasteiger partial charge in [0, 0.05) is 22.7 Å². The number of sulfonamides is 1. The van der Waals surface area contributed by atoms with Crippen molar-refractivity contribution >= 4 is 27.3 Å².